The molecule has 3 rings (SSSR count). The fraction of sp³-hybridized carbons (Fsp3) is 0.278. The molecular formula is C18H19BrN2O. The van der Waals surface area contributed by atoms with Gasteiger partial charge < -0.3 is 10.2 Å². The highest BCUT2D eigenvalue weighted by molar-refractivity contribution is 9.10. The molecule has 3 nitrogen and oxygen atoms in total. The normalized spacial score (nSPS) is 13.6. The quantitative estimate of drug-likeness (QED) is 0.886. The summed E-state index contributed by atoms with van der Waals surface area (Å²) in [4.78, 5) is 14.5. The molecule has 1 heterocycles. The lowest BCUT2D eigenvalue weighted by Gasteiger charge is -2.31. The molecule has 0 unspecified atom stereocenters. The number of para-hydroxylation sites is 2. The summed E-state index contributed by atoms with van der Waals surface area (Å²) in [6.07, 6.45) is 2.79. The summed E-state index contributed by atoms with van der Waals surface area (Å²) in [5.41, 5.74) is 3.49. The van der Waals surface area contributed by atoms with Crippen molar-refractivity contribution in [3.8, 4) is 0 Å². The maximum Gasteiger partial charge on any atom is 0.226 e. The number of anilines is 2. The summed E-state index contributed by atoms with van der Waals surface area (Å²) in [6, 6.07) is 16.2. The van der Waals surface area contributed by atoms with E-state index in [-0.39, 0.29) is 5.91 Å². The molecule has 1 amide bonds. The summed E-state index contributed by atoms with van der Waals surface area (Å²) < 4.78 is 0.909. The molecule has 0 aromatic heterocycles. The molecule has 0 saturated heterocycles. The highest BCUT2D eigenvalue weighted by Crippen LogP contribution is 2.27. The molecule has 22 heavy (non-hydrogen) atoms. The van der Waals surface area contributed by atoms with Crippen LogP contribution in [-0.2, 0) is 11.2 Å². The number of carbonyl (C=O) groups excluding carboxylic acids is 1. The summed E-state index contributed by atoms with van der Waals surface area (Å²) in [7, 11) is 0. The first-order valence-electron chi connectivity index (χ1n) is 7.61. The molecule has 0 radical (unpaired) electrons. The van der Waals surface area contributed by atoms with Crippen molar-refractivity contribution >= 4 is 33.2 Å². The molecule has 2 aromatic rings. The van der Waals surface area contributed by atoms with E-state index < -0.39 is 0 Å². The molecular weight excluding hydrogens is 340 g/mol. The molecule has 1 aliphatic heterocycles. The molecule has 0 spiro atoms. The highest BCUT2D eigenvalue weighted by Gasteiger charge is 2.17. The van der Waals surface area contributed by atoms with E-state index >= 15 is 0 Å². The Balaban J connectivity index is 1.59. The zero-order chi connectivity index (χ0) is 15.4. The van der Waals surface area contributed by atoms with Gasteiger partial charge in [0.05, 0.1) is 5.69 Å². The van der Waals surface area contributed by atoms with Crippen molar-refractivity contribution in [2.75, 3.05) is 23.3 Å². The smallest absolute Gasteiger partial charge is 0.226 e. The molecule has 0 aliphatic carbocycles. The van der Waals surface area contributed by atoms with Gasteiger partial charge >= 0.3 is 0 Å². The molecule has 1 aliphatic rings. The third-order valence-corrected chi connectivity index (χ3v) is 4.65. The first-order chi connectivity index (χ1) is 10.7. The molecule has 0 saturated carbocycles. The lowest BCUT2D eigenvalue weighted by molar-refractivity contribution is -0.116. The van der Waals surface area contributed by atoms with Gasteiger partial charge in [0, 0.05) is 29.7 Å². The number of halogens is 1. The number of nitrogens with zero attached hydrogens (tertiary/aromatic N) is 1. The zero-order valence-corrected chi connectivity index (χ0v) is 14.0. The molecule has 114 valence electrons. The van der Waals surface area contributed by atoms with Crippen LogP contribution in [0.2, 0.25) is 0 Å². The van der Waals surface area contributed by atoms with Crippen molar-refractivity contribution in [2.24, 2.45) is 0 Å². The van der Waals surface area contributed by atoms with Crippen LogP contribution >= 0.6 is 15.9 Å². The number of hydrogen-bond acceptors (Lipinski definition) is 2. The van der Waals surface area contributed by atoms with Gasteiger partial charge in [-0.1, -0.05) is 30.3 Å². The van der Waals surface area contributed by atoms with E-state index in [1.807, 2.05) is 24.3 Å². The summed E-state index contributed by atoms with van der Waals surface area (Å²) in [6.45, 7) is 1.78. The fourth-order valence-corrected chi connectivity index (χ4v) is 3.24. The predicted octanol–water partition coefficient (Wildman–Crippen LogP) is 4.23. The maximum absolute atomic E-state index is 12.2. The Morgan fingerprint density at radius 2 is 1.91 bits per heavy atom. The third kappa shape index (κ3) is 3.50. The van der Waals surface area contributed by atoms with E-state index in [9.17, 15) is 4.79 Å². The second-order valence-electron chi connectivity index (χ2n) is 5.50. The summed E-state index contributed by atoms with van der Waals surface area (Å²) >= 11 is 3.45. The second-order valence-corrected chi connectivity index (χ2v) is 6.35. The Hall–Kier alpha value is -1.81. The number of fused-ring (bicyclic) bond motifs is 1. The van der Waals surface area contributed by atoms with Gasteiger partial charge in [0.25, 0.3) is 0 Å². The van der Waals surface area contributed by atoms with Gasteiger partial charge in [-0.25, -0.2) is 0 Å². The molecule has 4 heteroatoms. The van der Waals surface area contributed by atoms with E-state index in [0.29, 0.717) is 6.42 Å². The topological polar surface area (TPSA) is 32.3 Å². The number of amides is 1. The Morgan fingerprint density at radius 1 is 1.14 bits per heavy atom. The van der Waals surface area contributed by atoms with Crippen LogP contribution in [0, 0.1) is 0 Å². The average molecular weight is 359 g/mol. The van der Waals surface area contributed by atoms with Gasteiger partial charge in [-0.15, -0.1) is 0 Å². The molecule has 0 bridgehead atoms. The van der Waals surface area contributed by atoms with Gasteiger partial charge in [-0.05, 0) is 52.5 Å². The minimum atomic E-state index is 0.0509. The van der Waals surface area contributed by atoms with Gasteiger partial charge in [-0.3, -0.25) is 4.79 Å². The predicted molar refractivity (Wildman–Crippen MR) is 94.4 cm³/mol. The maximum atomic E-state index is 12.2. The SMILES string of the molecule is O=C(CCN1CCCc2ccccc21)Nc1ccccc1Br. The number of benzene rings is 2. The summed E-state index contributed by atoms with van der Waals surface area (Å²) in [5.74, 6) is 0.0509. The molecule has 0 fully saturated rings. The molecule has 0 atom stereocenters. The lowest BCUT2D eigenvalue weighted by atomic mass is 10.0. The molecule has 1 N–H and O–H groups in total. The number of carbonyl (C=O) groups is 1. The van der Waals surface area contributed by atoms with Crippen LogP contribution in [0.5, 0.6) is 0 Å². The van der Waals surface area contributed by atoms with Gasteiger partial charge in [0.1, 0.15) is 0 Å². The number of aryl methyl sites for hydroxylation is 1. The van der Waals surface area contributed by atoms with Crippen LogP contribution < -0.4 is 10.2 Å². The van der Waals surface area contributed by atoms with Crippen LogP contribution in [0.1, 0.15) is 18.4 Å². The van der Waals surface area contributed by atoms with Gasteiger partial charge in [-0.2, -0.15) is 0 Å². The van der Waals surface area contributed by atoms with Crippen LogP contribution in [0.4, 0.5) is 11.4 Å². The highest BCUT2D eigenvalue weighted by atomic mass is 79.9. The van der Waals surface area contributed by atoms with E-state index in [4.69, 9.17) is 0 Å². The van der Waals surface area contributed by atoms with Crippen molar-refractivity contribution in [1.82, 2.24) is 0 Å². The Kier molecular flexibility index (Phi) is 4.78. The summed E-state index contributed by atoms with van der Waals surface area (Å²) in [5, 5.41) is 2.96. The fourth-order valence-electron chi connectivity index (χ4n) is 2.86. The average Bonchev–Trinajstić information content (AvgIpc) is 2.55. The zero-order valence-electron chi connectivity index (χ0n) is 12.4. The van der Waals surface area contributed by atoms with E-state index in [1.54, 1.807) is 0 Å². The first kappa shape index (κ1) is 15.1. The largest absolute Gasteiger partial charge is 0.371 e. The monoisotopic (exact) mass is 358 g/mol. The Bertz CT molecular complexity index is 672. The van der Waals surface area contributed by atoms with E-state index in [1.165, 1.54) is 11.3 Å². The van der Waals surface area contributed by atoms with Crippen LogP contribution in [0.25, 0.3) is 0 Å². The van der Waals surface area contributed by atoms with Gasteiger partial charge in [0.15, 0.2) is 0 Å². The Morgan fingerprint density at radius 3 is 2.77 bits per heavy atom. The number of rotatable bonds is 4. The minimum absolute atomic E-state index is 0.0509. The molecule has 2 aromatic carbocycles. The number of hydrogen-bond donors (Lipinski definition) is 1. The lowest BCUT2D eigenvalue weighted by Crippen LogP contribution is -2.32. The standard InChI is InChI=1S/C18H19BrN2O/c19-15-8-2-3-9-16(15)20-18(22)11-13-21-12-5-7-14-6-1-4-10-17(14)21/h1-4,6,8-10H,5,7,11-13H2,(H,20,22). The van der Waals surface area contributed by atoms with Crippen molar-refractivity contribution in [1.29, 1.82) is 0 Å². The first-order valence-corrected chi connectivity index (χ1v) is 8.40. The van der Waals surface area contributed by atoms with E-state index in [0.717, 1.165) is 36.1 Å². The van der Waals surface area contributed by atoms with Crippen molar-refractivity contribution in [3.05, 3.63) is 58.6 Å². The van der Waals surface area contributed by atoms with Crippen molar-refractivity contribution < 1.29 is 4.79 Å². The second kappa shape index (κ2) is 6.97. The number of nitrogens with one attached hydrogen (secondary N) is 1. The van der Waals surface area contributed by atoms with Crippen molar-refractivity contribution in [2.45, 2.75) is 19.3 Å². The minimum Gasteiger partial charge on any atom is -0.371 e. The Labute approximate surface area is 139 Å². The van der Waals surface area contributed by atoms with Gasteiger partial charge in [0.2, 0.25) is 5.91 Å². The third-order valence-electron chi connectivity index (χ3n) is 3.96. The van der Waals surface area contributed by atoms with E-state index in [2.05, 4.69) is 50.4 Å². The van der Waals surface area contributed by atoms with Crippen LogP contribution in [-0.4, -0.2) is 19.0 Å². The van der Waals surface area contributed by atoms with Crippen LogP contribution in [0.3, 0.4) is 0 Å². The van der Waals surface area contributed by atoms with Crippen molar-refractivity contribution in [3.63, 3.8) is 0 Å². The van der Waals surface area contributed by atoms with Crippen LogP contribution in [0.15, 0.2) is 53.0 Å².